The van der Waals surface area contributed by atoms with E-state index in [2.05, 4.69) is 11.8 Å². The van der Waals surface area contributed by atoms with E-state index < -0.39 is 6.16 Å². The van der Waals surface area contributed by atoms with Crippen molar-refractivity contribution in [1.29, 1.82) is 0 Å². The highest BCUT2D eigenvalue weighted by Crippen LogP contribution is 2.41. The quantitative estimate of drug-likeness (QED) is 0.851. The standard InChI is InChI=1S/C14H26N2O3/c1-2-3-8-15-9-4-14(5-10-15)6-11-16(12-7-14)19-13(17)18/h2-12H2,1H3,(H,17,18). The SMILES string of the molecule is CCCCN1CCC2(CC1)CCN(OC(=O)O)CC2. The van der Waals surface area contributed by atoms with Crippen LogP contribution in [0.2, 0.25) is 0 Å². The van der Waals surface area contributed by atoms with Crippen LogP contribution in [0.15, 0.2) is 0 Å². The number of hydrogen-bond acceptors (Lipinski definition) is 4. The van der Waals surface area contributed by atoms with Gasteiger partial charge in [0.15, 0.2) is 0 Å². The van der Waals surface area contributed by atoms with Gasteiger partial charge in [0.05, 0.1) is 0 Å². The molecule has 0 aliphatic carbocycles. The first kappa shape index (κ1) is 14.6. The average Bonchev–Trinajstić information content (AvgIpc) is 2.41. The summed E-state index contributed by atoms with van der Waals surface area (Å²) in [6.07, 6.45) is 6.04. The molecule has 5 nitrogen and oxygen atoms in total. The zero-order valence-electron chi connectivity index (χ0n) is 11.9. The van der Waals surface area contributed by atoms with Crippen molar-refractivity contribution in [2.24, 2.45) is 5.41 Å². The Balaban J connectivity index is 1.73. The molecule has 2 aliphatic heterocycles. The molecule has 0 radical (unpaired) electrons. The third-order valence-electron chi connectivity index (χ3n) is 4.73. The number of hydrogen-bond donors (Lipinski definition) is 1. The summed E-state index contributed by atoms with van der Waals surface area (Å²) in [5, 5.41) is 10.2. The van der Waals surface area contributed by atoms with Crippen molar-refractivity contribution in [1.82, 2.24) is 9.96 Å². The van der Waals surface area contributed by atoms with E-state index in [-0.39, 0.29) is 0 Å². The molecule has 0 bridgehead atoms. The molecule has 0 saturated carbocycles. The van der Waals surface area contributed by atoms with E-state index in [0.717, 1.165) is 25.9 Å². The Kier molecular flexibility index (Phi) is 5.05. The van der Waals surface area contributed by atoms with Crippen LogP contribution < -0.4 is 0 Å². The fourth-order valence-corrected chi connectivity index (χ4v) is 3.29. The number of rotatable bonds is 4. The van der Waals surface area contributed by atoms with Crippen LogP contribution in [-0.2, 0) is 4.84 Å². The third-order valence-corrected chi connectivity index (χ3v) is 4.73. The van der Waals surface area contributed by atoms with Crippen molar-refractivity contribution in [2.75, 3.05) is 32.7 Å². The number of likely N-dealkylation sites (tertiary alicyclic amines) is 1. The van der Waals surface area contributed by atoms with Gasteiger partial charge in [0, 0.05) is 13.1 Å². The minimum atomic E-state index is -1.19. The lowest BCUT2D eigenvalue weighted by Gasteiger charge is -2.46. The fourth-order valence-electron chi connectivity index (χ4n) is 3.29. The molecule has 2 fully saturated rings. The summed E-state index contributed by atoms with van der Waals surface area (Å²) < 4.78 is 0. The molecule has 2 saturated heterocycles. The summed E-state index contributed by atoms with van der Waals surface area (Å²) in [6, 6.07) is 0. The van der Waals surface area contributed by atoms with Crippen LogP contribution in [0.1, 0.15) is 45.4 Å². The van der Waals surface area contributed by atoms with Gasteiger partial charge < -0.3 is 14.8 Å². The van der Waals surface area contributed by atoms with Gasteiger partial charge in [0.25, 0.3) is 0 Å². The second-order valence-electron chi connectivity index (χ2n) is 5.98. The second kappa shape index (κ2) is 6.57. The Morgan fingerprint density at radius 3 is 2.26 bits per heavy atom. The molecule has 0 atom stereocenters. The van der Waals surface area contributed by atoms with Crippen LogP contribution in [-0.4, -0.2) is 53.9 Å². The molecular formula is C14H26N2O3. The van der Waals surface area contributed by atoms with E-state index in [9.17, 15) is 4.79 Å². The van der Waals surface area contributed by atoms with Gasteiger partial charge >= 0.3 is 6.16 Å². The number of carboxylic acid groups (broad SMARTS) is 1. The first-order valence-electron chi connectivity index (χ1n) is 7.52. The molecule has 2 aliphatic rings. The number of nitrogens with zero attached hydrogens (tertiary/aromatic N) is 2. The van der Waals surface area contributed by atoms with Crippen molar-refractivity contribution < 1.29 is 14.7 Å². The predicted octanol–water partition coefficient (Wildman–Crippen LogP) is 2.57. The van der Waals surface area contributed by atoms with E-state index in [4.69, 9.17) is 9.94 Å². The Morgan fingerprint density at radius 2 is 1.74 bits per heavy atom. The van der Waals surface area contributed by atoms with Crippen LogP contribution in [0.4, 0.5) is 4.79 Å². The monoisotopic (exact) mass is 270 g/mol. The lowest BCUT2D eigenvalue weighted by molar-refractivity contribution is -0.151. The molecule has 0 aromatic carbocycles. The molecule has 2 heterocycles. The molecule has 0 amide bonds. The van der Waals surface area contributed by atoms with Crippen molar-refractivity contribution >= 4 is 6.16 Å². The predicted molar refractivity (Wildman–Crippen MR) is 72.9 cm³/mol. The maximum Gasteiger partial charge on any atom is 0.525 e. The second-order valence-corrected chi connectivity index (χ2v) is 5.98. The highest BCUT2D eigenvalue weighted by molar-refractivity contribution is 5.56. The molecule has 0 aromatic rings. The molecule has 19 heavy (non-hydrogen) atoms. The zero-order chi connectivity index (χ0) is 13.7. The minimum Gasteiger partial charge on any atom is -0.448 e. The molecular weight excluding hydrogens is 244 g/mol. The van der Waals surface area contributed by atoms with Gasteiger partial charge in [-0.2, -0.15) is 0 Å². The number of carbonyl (C=O) groups is 1. The van der Waals surface area contributed by atoms with Crippen LogP contribution in [0.25, 0.3) is 0 Å². The molecule has 2 rings (SSSR count). The van der Waals surface area contributed by atoms with E-state index in [1.54, 1.807) is 5.06 Å². The molecule has 0 unspecified atom stereocenters. The van der Waals surface area contributed by atoms with Gasteiger partial charge in [-0.05, 0) is 57.2 Å². The van der Waals surface area contributed by atoms with Crippen LogP contribution in [0.5, 0.6) is 0 Å². The van der Waals surface area contributed by atoms with Crippen LogP contribution in [0.3, 0.4) is 0 Å². The summed E-state index contributed by atoms with van der Waals surface area (Å²) in [6.45, 7) is 7.40. The summed E-state index contributed by atoms with van der Waals surface area (Å²) in [4.78, 5) is 17.8. The molecule has 5 heteroatoms. The maximum absolute atomic E-state index is 10.5. The fraction of sp³-hybridized carbons (Fsp3) is 0.929. The zero-order valence-corrected chi connectivity index (χ0v) is 11.9. The molecule has 1 N–H and O–H groups in total. The highest BCUT2D eigenvalue weighted by Gasteiger charge is 2.38. The summed E-state index contributed by atoms with van der Waals surface area (Å²) in [5.74, 6) is 0. The van der Waals surface area contributed by atoms with Gasteiger partial charge in [0.1, 0.15) is 0 Å². The van der Waals surface area contributed by atoms with Crippen molar-refractivity contribution in [3.8, 4) is 0 Å². The van der Waals surface area contributed by atoms with Crippen molar-refractivity contribution in [3.63, 3.8) is 0 Å². The Bertz CT molecular complexity index is 291. The van der Waals surface area contributed by atoms with Crippen LogP contribution >= 0.6 is 0 Å². The first-order valence-corrected chi connectivity index (χ1v) is 7.52. The number of unbranched alkanes of at least 4 members (excludes halogenated alkanes) is 1. The number of piperidine rings is 2. The molecule has 110 valence electrons. The summed E-state index contributed by atoms with van der Waals surface area (Å²) in [7, 11) is 0. The Hall–Kier alpha value is -0.810. The van der Waals surface area contributed by atoms with E-state index in [0.29, 0.717) is 5.41 Å². The summed E-state index contributed by atoms with van der Waals surface area (Å²) >= 11 is 0. The minimum absolute atomic E-state index is 0.446. The van der Waals surface area contributed by atoms with E-state index >= 15 is 0 Å². The summed E-state index contributed by atoms with van der Waals surface area (Å²) in [5.41, 5.74) is 0.446. The third kappa shape index (κ3) is 4.08. The van der Waals surface area contributed by atoms with E-state index in [1.165, 1.54) is 45.3 Å². The van der Waals surface area contributed by atoms with Crippen molar-refractivity contribution in [2.45, 2.75) is 45.4 Å². The lowest BCUT2D eigenvalue weighted by atomic mass is 9.71. The Labute approximate surface area is 115 Å². The molecule has 0 aromatic heterocycles. The van der Waals surface area contributed by atoms with E-state index in [1.807, 2.05) is 0 Å². The lowest BCUT2D eigenvalue weighted by Crippen LogP contribution is -2.47. The van der Waals surface area contributed by atoms with Gasteiger partial charge in [-0.3, -0.25) is 0 Å². The van der Waals surface area contributed by atoms with Gasteiger partial charge in [-0.25, -0.2) is 4.79 Å². The first-order chi connectivity index (χ1) is 9.13. The maximum atomic E-state index is 10.5. The van der Waals surface area contributed by atoms with Gasteiger partial charge in [-0.1, -0.05) is 13.3 Å². The number of hydroxylamine groups is 2. The largest absolute Gasteiger partial charge is 0.525 e. The Morgan fingerprint density at radius 1 is 1.16 bits per heavy atom. The normalized spacial score (nSPS) is 24.5. The van der Waals surface area contributed by atoms with Gasteiger partial charge in [-0.15, -0.1) is 5.06 Å². The highest BCUT2D eigenvalue weighted by atomic mass is 16.8. The van der Waals surface area contributed by atoms with Crippen LogP contribution in [0, 0.1) is 5.41 Å². The van der Waals surface area contributed by atoms with Crippen molar-refractivity contribution in [3.05, 3.63) is 0 Å². The van der Waals surface area contributed by atoms with Gasteiger partial charge in [0.2, 0.25) is 0 Å². The smallest absolute Gasteiger partial charge is 0.448 e. The average molecular weight is 270 g/mol. The topological polar surface area (TPSA) is 53.0 Å². The molecule has 1 spiro atoms.